The van der Waals surface area contributed by atoms with Crippen molar-refractivity contribution in [2.45, 2.75) is 116 Å². The third-order valence-electron chi connectivity index (χ3n) is 6.49. The molecule has 2 aliphatic carbocycles. The van der Waals surface area contributed by atoms with Crippen LogP contribution in [0.2, 0.25) is 0 Å². The van der Waals surface area contributed by atoms with Gasteiger partial charge in [0.2, 0.25) is 0 Å². The van der Waals surface area contributed by atoms with Crippen LogP contribution in [0.25, 0.3) is 6.08 Å². The minimum absolute atomic E-state index is 1.16. The van der Waals surface area contributed by atoms with Crippen LogP contribution in [0.15, 0.2) is 18.2 Å². The average molecular weight is 353 g/mol. The molecule has 144 valence electrons. The molecule has 0 amide bonds. The number of rotatable bonds is 0. The molecule has 0 bridgehead atoms. The van der Waals surface area contributed by atoms with Crippen LogP contribution in [0.3, 0.4) is 0 Å². The van der Waals surface area contributed by atoms with Crippen molar-refractivity contribution in [2.75, 3.05) is 0 Å². The van der Waals surface area contributed by atoms with E-state index in [0.717, 1.165) is 6.42 Å². The molecule has 0 aromatic heterocycles. The zero-order valence-corrected chi connectivity index (χ0v) is 17.0. The van der Waals surface area contributed by atoms with Gasteiger partial charge in [-0.2, -0.15) is 0 Å². The fraction of sp³-hybridized carbons (Fsp3) is 0.692. The van der Waals surface area contributed by atoms with Crippen molar-refractivity contribution in [1.29, 1.82) is 0 Å². The predicted octanol–water partition coefficient (Wildman–Crippen LogP) is 8.21. The SMILES string of the molecule is C1=Cc2cc3c(cc2C1)CCCCCCCCCCCCCCCCC3. The Morgan fingerprint density at radius 3 is 1.35 bits per heavy atom. The van der Waals surface area contributed by atoms with E-state index in [1.165, 1.54) is 115 Å². The highest BCUT2D eigenvalue weighted by Crippen LogP contribution is 2.27. The van der Waals surface area contributed by atoms with E-state index in [-0.39, 0.29) is 0 Å². The summed E-state index contributed by atoms with van der Waals surface area (Å²) in [5.74, 6) is 0. The van der Waals surface area contributed by atoms with Gasteiger partial charge in [-0.1, -0.05) is 108 Å². The van der Waals surface area contributed by atoms with Crippen LogP contribution in [0, 0.1) is 0 Å². The fourth-order valence-electron chi connectivity index (χ4n) is 4.80. The lowest BCUT2D eigenvalue weighted by Crippen LogP contribution is -1.99. The molecule has 0 nitrogen and oxygen atoms in total. The maximum absolute atomic E-state index is 2.55. The first-order valence-electron chi connectivity index (χ1n) is 11.7. The van der Waals surface area contributed by atoms with Gasteiger partial charge in [-0.05, 0) is 54.4 Å². The first-order chi connectivity index (χ1) is 12.9. The van der Waals surface area contributed by atoms with Gasteiger partial charge in [0.1, 0.15) is 0 Å². The molecule has 1 aromatic carbocycles. The number of allylic oxidation sites excluding steroid dienone is 1. The molecule has 0 N–H and O–H groups in total. The van der Waals surface area contributed by atoms with E-state index in [4.69, 9.17) is 0 Å². The molecule has 0 fully saturated rings. The smallest absolute Gasteiger partial charge is 0.00881 e. The van der Waals surface area contributed by atoms with Crippen molar-refractivity contribution < 1.29 is 0 Å². The Morgan fingerprint density at radius 2 is 0.846 bits per heavy atom. The second-order valence-corrected chi connectivity index (χ2v) is 8.73. The third-order valence-corrected chi connectivity index (χ3v) is 6.49. The molecule has 0 radical (unpaired) electrons. The lowest BCUT2D eigenvalue weighted by atomic mass is 9.92. The number of benzene rings is 1. The molecule has 0 aliphatic heterocycles. The Labute approximate surface area is 162 Å². The van der Waals surface area contributed by atoms with Gasteiger partial charge in [-0.3, -0.25) is 0 Å². The number of aryl methyl sites for hydroxylation is 2. The van der Waals surface area contributed by atoms with E-state index in [0.29, 0.717) is 0 Å². The van der Waals surface area contributed by atoms with Gasteiger partial charge in [0.05, 0.1) is 0 Å². The summed E-state index contributed by atoms with van der Waals surface area (Å²) in [5, 5.41) is 0. The first-order valence-corrected chi connectivity index (χ1v) is 11.7. The molecule has 0 unspecified atom stereocenters. The highest BCUT2D eigenvalue weighted by atomic mass is 14.2. The standard InChI is InChI=1S/C26H40/c1-2-4-6-8-10-12-14-17-23-21-25-19-16-20-26(25)22-24(23)18-15-13-11-9-7-5-3-1/h16,19,21-22H,1-15,17-18,20H2. The average Bonchev–Trinajstić information content (AvgIpc) is 3.10. The van der Waals surface area contributed by atoms with Crippen LogP contribution in [-0.4, -0.2) is 0 Å². The Hall–Kier alpha value is -1.04. The summed E-state index contributed by atoms with van der Waals surface area (Å²) in [7, 11) is 0. The molecule has 3 rings (SSSR count). The van der Waals surface area contributed by atoms with Crippen LogP contribution in [0.5, 0.6) is 0 Å². The maximum Gasteiger partial charge on any atom is -0.00881 e. The number of hydrogen-bond donors (Lipinski definition) is 0. The van der Waals surface area contributed by atoms with Crippen molar-refractivity contribution in [1.82, 2.24) is 0 Å². The van der Waals surface area contributed by atoms with Crippen molar-refractivity contribution in [3.8, 4) is 0 Å². The Balaban J connectivity index is 1.55. The van der Waals surface area contributed by atoms with Crippen molar-refractivity contribution >= 4 is 6.08 Å². The molecule has 0 spiro atoms. The molecular formula is C26H40. The monoisotopic (exact) mass is 352 g/mol. The maximum atomic E-state index is 2.55. The number of fused-ring (bicyclic) bond motifs is 2. The molecule has 1 aromatic rings. The summed E-state index contributed by atoms with van der Waals surface area (Å²) in [6.45, 7) is 0. The second-order valence-electron chi connectivity index (χ2n) is 8.73. The van der Waals surface area contributed by atoms with Crippen LogP contribution in [0.1, 0.15) is 119 Å². The van der Waals surface area contributed by atoms with Crippen molar-refractivity contribution in [3.05, 3.63) is 40.5 Å². The first kappa shape index (κ1) is 19.7. The summed E-state index contributed by atoms with van der Waals surface area (Å²) < 4.78 is 0. The largest absolute Gasteiger partial charge is 0.0795 e. The van der Waals surface area contributed by atoms with Gasteiger partial charge in [-0.15, -0.1) is 0 Å². The van der Waals surface area contributed by atoms with E-state index in [1.54, 1.807) is 16.7 Å². The van der Waals surface area contributed by atoms with E-state index in [9.17, 15) is 0 Å². The van der Waals surface area contributed by atoms with E-state index >= 15 is 0 Å². The van der Waals surface area contributed by atoms with Gasteiger partial charge < -0.3 is 0 Å². The van der Waals surface area contributed by atoms with Gasteiger partial charge in [0.15, 0.2) is 0 Å². The quantitative estimate of drug-likeness (QED) is 0.441. The Bertz CT molecular complexity index is 551. The Kier molecular flexibility index (Phi) is 8.82. The molecule has 2 aliphatic rings. The molecule has 26 heavy (non-hydrogen) atoms. The summed E-state index contributed by atoms with van der Waals surface area (Å²) in [6.07, 6.45) is 30.2. The van der Waals surface area contributed by atoms with Gasteiger partial charge >= 0.3 is 0 Å². The summed E-state index contributed by atoms with van der Waals surface area (Å²) in [6, 6.07) is 5.07. The van der Waals surface area contributed by atoms with Crippen LogP contribution in [0.4, 0.5) is 0 Å². The van der Waals surface area contributed by atoms with Crippen LogP contribution in [-0.2, 0) is 19.3 Å². The molecular weight excluding hydrogens is 312 g/mol. The minimum Gasteiger partial charge on any atom is -0.0795 e. The fourth-order valence-corrected chi connectivity index (χ4v) is 4.80. The molecule has 0 saturated carbocycles. The summed E-state index contributed by atoms with van der Waals surface area (Å²) in [4.78, 5) is 0. The zero-order valence-electron chi connectivity index (χ0n) is 17.0. The van der Waals surface area contributed by atoms with Gasteiger partial charge in [0.25, 0.3) is 0 Å². The lowest BCUT2D eigenvalue weighted by Gasteiger charge is -2.13. The van der Waals surface area contributed by atoms with Gasteiger partial charge in [0, 0.05) is 0 Å². The normalized spacial score (nSPS) is 21.2. The van der Waals surface area contributed by atoms with Gasteiger partial charge in [-0.25, -0.2) is 0 Å². The lowest BCUT2D eigenvalue weighted by molar-refractivity contribution is 0.532. The van der Waals surface area contributed by atoms with E-state index in [1.807, 2.05) is 0 Å². The summed E-state index contributed by atoms with van der Waals surface area (Å²) in [5.41, 5.74) is 6.41. The Morgan fingerprint density at radius 1 is 0.423 bits per heavy atom. The molecule has 0 saturated heterocycles. The molecule has 0 atom stereocenters. The third kappa shape index (κ3) is 6.60. The second kappa shape index (κ2) is 11.6. The van der Waals surface area contributed by atoms with Crippen LogP contribution < -0.4 is 0 Å². The van der Waals surface area contributed by atoms with Crippen molar-refractivity contribution in [2.24, 2.45) is 0 Å². The van der Waals surface area contributed by atoms with Crippen molar-refractivity contribution in [3.63, 3.8) is 0 Å². The van der Waals surface area contributed by atoms with E-state index < -0.39 is 0 Å². The highest BCUT2D eigenvalue weighted by Gasteiger charge is 2.11. The van der Waals surface area contributed by atoms with Crippen LogP contribution >= 0.6 is 0 Å². The zero-order chi connectivity index (χ0) is 17.9. The molecule has 0 heterocycles. The number of hydrogen-bond acceptors (Lipinski definition) is 0. The molecule has 0 heteroatoms. The predicted molar refractivity (Wildman–Crippen MR) is 116 cm³/mol. The topological polar surface area (TPSA) is 0 Å². The minimum atomic E-state index is 1.16. The highest BCUT2D eigenvalue weighted by molar-refractivity contribution is 5.62. The van der Waals surface area contributed by atoms with E-state index in [2.05, 4.69) is 24.3 Å². The summed E-state index contributed by atoms with van der Waals surface area (Å²) >= 11 is 0.